The molecule has 3 aromatic heterocycles. The number of imidazole rings is 1. The summed E-state index contributed by atoms with van der Waals surface area (Å²) in [7, 11) is 0. The summed E-state index contributed by atoms with van der Waals surface area (Å²) in [4.78, 5) is 20.0. The molecule has 0 saturated carbocycles. The smallest absolute Gasteiger partial charge is 0.278 e. The van der Waals surface area contributed by atoms with Crippen LogP contribution >= 0.6 is 11.6 Å². The Morgan fingerprint density at radius 1 is 1.12 bits per heavy atom. The number of benzene rings is 1. The highest BCUT2D eigenvalue weighted by atomic mass is 35.5. The number of hydrogen-bond acceptors (Lipinski definition) is 5. The molecule has 1 amide bonds. The van der Waals surface area contributed by atoms with Crippen LogP contribution in [-0.2, 0) is 13.2 Å². The van der Waals surface area contributed by atoms with Crippen molar-refractivity contribution in [2.24, 2.45) is 0 Å². The van der Waals surface area contributed by atoms with Crippen molar-refractivity contribution in [1.29, 1.82) is 0 Å². The highest BCUT2D eigenvalue weighted by Gasteiger charge is 2.17. The number of hydrogen-bond donors (Lipinski definition) is 1. The third kappa shape index (κ3) is 4.79. The lowest BCUT2D eigenvalue weighted by Gasteiger charge is -2.19. The van der Waals surface area contributed by atoms with Crippen LogP contribution < -0.4 is 5.32 Å². The van der Waals surface area contributed by atoms with Crippen LogP contribution in [0.5, 0.6) is 0 Å². The first-order chi connectivity index (χ1) is 15.9. The van der Waals surface area contributed by atoms with Gasteiger partial charge in [-0.1, -0.05) is 37.6 Å². The topological polar surface area (TPSA) is 85.8 Å². The summed E-state index contributed by atoms with van der Waals surface area (Å²) >= 11 is 6.23. The van der Waals surface area contributed by atoms with E-state index in [0.29, 0.717) is 23.3 Å². The molecule has 0 bridgehead atoms. The van der Waals surface area contributed by atoms with Crippen LogP contribution in [0.25, 0.3) is 11.0 Å². The lowest BCUT2D eigenvalue weighted by molar-refractivity contribution is 0.102. The maximum atomic E-state index is 13.0. The molecule has 10 heteroatoms. The number of halogens is 1. The van der Waals surface area contributed by atoms with Gasteiger partial charge in [-0.05, 0) is 45.1 Å². The Morgan fingerprint density at radius 2 is 1.88 bits per heavy atom. The van der Waals surface area contributed by atoms with E-state index in [2.05, 4.69) is 43.8 Å². The molecule has 33 heavy (non-hydrogen) atoms. The van der Waals surface area contributed by atoms with Crippen LogP contribution in [0.4, 0.5) is 5.95 Å². The van der Waals surface area contributed by atoms with Crippen molar-refractivity contribution < 1.29 is 4.79 Å². The monoisotopic (exact) mass is 468 g/mol. The molecule has 3 heterocycles. The van der Waals surface area contributed by atoms with Crippen LogP contribution in [-0.4, -0.2) is 59.6 Å². The molecule has 9 nitrogen and oxygen atoms in total. The predicted molar refractivity (Wildman–Crippen MR) is 130 cm³/mol. The summed E-state index contributed by atoms with van der Waals surface area (Å²) < 4.78 is 5.48. The molecule has 0 fully saturated rings. The number of carbonyl (C=O) groups excluding carboxylic acids is 1. The fourth-order valence-corrected chi connectivity index (χ4v) is 3.99. The zero-order valence-corrected chi connectivity index (χ0v) is 20.2. The van der Waals surface area contributed by atoms with Gasteiger partial charge in [-0.25, -0.2) is 9.67 Å². The molecule has 0 radical (unpaired) electrons. The number of para-hydroxylation sites is 2. The SMILES string of the molecule is CCN(CC)CCn1c(NC(=O)c2ccn(Cn3nc(C)c(Cl)c3C)n2)nc2ccccc21. The lowest BCUT2D eigenvalue weighted by atomic mass is 10.3. The van der Waals surface area contributed by atoms with E-state index in [4.69, 9.17) is 11.6 Å². The van der Waals surface area contributed by atoms with Gasteiger partial charge in [0, 0.05) is 19.3 Å². The maximum Gasteiger partial charge on any atom is 0.278 e. The highest BCUT2D eigenvalue weighted by molar-refractivity contribution is 6.31. The summed E-state index contributed by atoms with van der Waals surface area (Å²) in [5.74, 6) is 0.216. The third-order valence-electron chi connectivity index (χ3n) is 5.86. The van der Waals surface area contributed by atoms with Crippen molar-refractivity contribution >= 4 is 34.5 Å². The van der Waals surface area contributed by atoms with Crippen molar-refractivity contribution in [1.82, 2.24) is 34.0 Å². The van der Waals surface area contributed by atoms with Crippen LogP contribution in [0.3, 0.4) is 0 Å². The fourth-order valence-electron chi connectivity index (χ4n) is 3.86. The summed E-state index contributed by atoms with van der Waals surface area (Å²) in [5, 5.41) is 12.4. The molecular weight excluding hydrogens is 440 g/mol. The molecule has 0 atom stereocenters. The average molecular weight is 469 g/mol. The number of amides is 1. The lowest BCUT2D eigenvalue weighted by Crippen LogP contribution is -2.27. The second-order valence-electron chi connectivity index (χ2n) is 7.92. The van der Waals surface area contributed by atoms with Crippen molar-refractivity contribution in [2.75, 3.05) is 25.0 Å². The van der Waals surface area contributed by atoms with E-state index >= 15 is 0 Å². The zero-order valence-electron chi connectivity index (χ0n) is 19.4. The van der Waals surface area contributed by atoms with Crippen molar-refractivity contribution in [3.8, 4) is 0 Å². The molecular formula is C23H29ClN8O. The summed E-state index contributed by atoms with van der Waals surface area (Å²) in [6.45, 7) is 12.0. The van der Waals surface area contributed by atoms with Crippen molar-refractivity contribution in [3.05, 3.63) is 58.6 Å². The molecule has 0 unspecified atom stereocenters. The van der Waals surface area contributed by atoms with Gasteiger partial charge in [-0.2, -0.15) is 10.2 Å². The van der Waals surface area contributed by atoms with E-state index in [9.17, 15) is 4.79 Å². The van der Waals surface area contributed by atoms with Gasteiger partial charge >= 0.3 is 0 Å². The van der Waals surface area contributed by atoms with Gasteiger partial charge in [0.15, 0.2) is 5.69 Å². The van der Waals surface area contributed by atoms with E-state index in [1.54, 1.807) is 21.6 Å². The molecule has 1 aromatic carbocycles. The Labute approximate surface area is 198 Å². The van der Waals surface area contributed by atoms with E-state index in [1.165, 1.54) is 0 Å². The quantitative estimate of drug-likeness (QED) is 0.404. The molecule has 1 N–H and O–H groups in total. The van der Waals surface area contributed by atoms with Gasteiger partial charge in [0.1, 0.15) is 6.67 Å². The number of anilines is 1. The molecule has 0 spiro atoms. The van der Waals surface area contributed by atoms with Gasteiger partial charge in [0.25, 0.3) is 5.91 Å². The van der Waals surface area contributed by atoms with Gasteiger partial charge in [-0.3, -0.25) is 14.8 Å². The molecule has 0 saturated heterocycles. The van der Waals surface area contributed by atoms with Gasteiger partial charge < -0.3 is 9.47 Å². The minimum absolute atomic E-state index is 0.306. The first-order valence-electron chi connectivity index (χ1n) is 11.1. The van der Waals surface area contributed by atoms with E-state index in [-0.39, 0.29) is 5.91 Å². The Balaban J connectivity index is 1.53. The van der Waals surface area contributed by atoms with E-state index < -0.39 is 0 Å². The van der Waals surface area contributed by atoms with Gasteiger partial charge in [-0.15, -0.1) is 0 Å². The third-order valence-corrected chi connectivity index (χ3v) is 6.41. The second-order valence-corrected chi connectivity index (χ2v) is 8.30. The number of nitrogens with one attached hydrogen (secondary N) is 1. The summed E-state index contributed by atoms with van der Waals surface area (Å²) in [6.07, 6.45) is 1.75. The van der Waals surface area contributed by atoms with Crippen LogP contribution in [0.15, 0.2) is 36.5 Å². The zero-order chi connectivity index (χ0) is 23.5. The molecule has 4 rings (SSSR count). The maximum absolute atomic E-state index is 13.0. The summed E-state index contributed by atoms with van der Waals surface area (Å²) in [6, 6.07) is 9.59. The number of rotatable bonds is 9. The fraction of sp³-hybridized carbons (Fsp3) is 0.391. The Morgan fingerprint density at radius 3 is 2.58 bits per heavy atom. The van der Waals surface area contributed by atoms with E-state index in [0.717, 1.165) is 48.6 Å². The second kappa shape index (κ2) is 9.76. The van der Waals surface area contributed by atoms with Crippen LogP contribution in [0.1, 0.15) is 35.7 Å². The van der Waals surface area contributed by atoms with Gasteiger partial charge in [0.05, 0.1) is 27.4 Å². The number of aromatic nitrogens is 6. The minimum atomic E-state index is -0.306. The number of carbonyl (C=O) groups is 1. The molecule has 0 aliphatic carbocycles. The van der Waals surface area contributed by atoms with Crippen molar-refractivity contribution in [2.45, 2.75) is 40.9 Å². The average Bonchev–Trinajstić information content (AvgIpc) is 3.48. The standard InChI is InChI=1S/C23H29ClN8O/c1-5-29(6-2)13-14-31-20-10-8-7-9-18(20)25-23(31)26-22(33)19-11-12-30(28-19)15-32-17(4)21(24)16(3)27-32/h7-12H,5-6,13-15H2,1-4H3,(H,25,26,33). The Bertz CT molecular complexity index is 1270. The number of likely N-dealkylation sites (N-methyl/N-ethyl adjacent to an activating group) is 1. The number of nitrogens with zero attached hydrogens (tertiary/aromatic N) is 7. The van der Waals surface area contributed by atoms with Crippen LogP contribution in [0.2, 0.25) is 5.02 Å². The minimum Gasteiger partial charge on any atom is -0.309 e. The Kier molecular flexibility index (Phi) is 6.80. The first-order valence-corrected chi connectivity index (χ1v) is 11.5. The molecule has 4 aromatic rings. The molecule has 174 valence electrons. The van der Waals surface area contributed by atoms with Gasteiger partial charge in [0.2, 0.25) is 5.95 Å². The predicted octanol–water partition coefficient (Wildman–Crippen LogP) is 3.80. The first kappa shape index (κ1) is 23.0. The summed E-state index contributed by atoms with van der Waals surface area (Å²) in [5.41, 5.74) is 3.77. The highest BCUT2D eigenvalue weighted by Crippen LogP contribution is 2.21. The normalized spacial score (nSPS) is 11.6. The van der Waals surface area contributed by atoms with Crippen molar-refractivity contribution in [3.63, 3.8) is 0 Å². The number of aryl methyl sites for hydroxylation is 1. The molecule has 0 aliphatic heterocycles. The number of fused-ring (bicyclic) bond motifs is 1. The Hall–Kier alpha value is -3.17. The molecule has 0 aliphatic rings. The van der Waals surface area contributed by atoms with E-state index in [1.807, 2.05) is 38.1 Å². The van der Waals surface area contributed by atoms with Crippen LogP contribution in [0, 0.1) is 13.8 Å². The largest absolute Gasteiger partial charge is 0.309 e.